The maximum Gasteiger partial charge on any atom is 0.309 e. The molecule has 106 valence electrons. The van der Waals surface area contributed by atoms with Gasteiger partial charge in [-0.3, -0.25) is 4.79 Å². The summed E-state index contributed by atoms with van der Waals surface area (Å²) in [4.78, 5) is 11.7. The zero-order valence-corrected chi connectivity index (χ0v) is 11.5. The predicted octanol–water partition coefficient (Wildman–Crippen LogP) is 1.57. The van der Waals surface area contributed by atoms with Crippen LogP contribution in [0.15, 0.2) is 23.8 Å². The quantitative estimate of drug-likeness (QED) is 0.516. The Balaban J connectivity index is 2.27. The van der Waals surface area contributed by atoms with Crippen molar-refractivity contribution in [1.82, 2.24) is 0 Å². The van der Waals surface area contributed by atoms with Crippen molar-refractivity contribution in [1.29, 1.82) is 0 Å². The molecular weight excluding hydrogens is 244 g/mol. The van der Waals surface area contributed by atoms with E-state index in [1.54, 1.807) is 6.92 Å². The molecule has 2 aliphatic rings. The molecule has 0 amide bonds. The molecule has 4 heteroatoms. The van der Waals surface area contributed by atoms with Crippen LogP contribution in [0.2, 0.25) is 0 Å². The molecule has 1 saturated heterocycles. The number of carbonyl (C=O) groups is 1. The number of hydrogen-bond donors (Lipinski definition) is 2. The first-order valence-corrected chi connectivity index (χ1v) is 6.82. The van der Waals surface area contributed by atoms with Gasteiger partial charge < -0.3 is 14.9 Å². The van der Waals surface area contributed by atoms with Gasteiger partial charge in [-0.1, -0.05) is 13.5 Å². The Morgan fingerprint density at radius 2 is 2.05 bits per heavy atom. The van der Waals surface area contributed by atoms with E-state index in [0.29, 0.717) is 6.42 Å². The van der Waals surface area contributed by atoms with Gasteiger partial charge in [-0.2, -0.15) is 0 Å². The number of esters is 1. The van der Waals surface area contributed by atoms with E-state index in [4.69, 9.17) is 4.74 Å². The van der Waals surface area contributed by atoms with Crippen molar-refractivity contribution in [2.45, 2.75) is 51.4 Å². The van der Waals surface area contributed by atoms with Gasteiger partial charge in [0.1, 0.15) is 6.10 Å². The molecule has 0 aromatic carbocycles. The Kier molecular flexibility index (Phi) is 4.11. The summed E-state index contributed by atoms with van der Waals surface area (Å²) in [6, 6.07) is 0. The van der Waals surface area contributed by atoms with Gasteiger partial charge in [0.2, 0.25) is 0 Å². The van der Waals surface area contributed by atoms with Gasteiger partial charge in [0.15, 0.2) is 0 Å². The van der Waals surface area contributed by atoms with Gasteiger partial charge >= 0.3 is 5.97 Å². The lowest BCUT2D eigenvalue weighted by Crippen LogP contribution is -2.26. The van der Waals surface area contributed by atoms with E-state index in [9.17, 15) is 15.0 Å². The average Bonchev–Trinajstić information content (AvgIpc) is 2.61. The molecule has 0 bridgehead atoms. The van der Waals surface area contributed by atoms with Gasteiger partial charge in [0.05, 0.1) is 18.1 Å². The Morgan fingerprint density at radius 3 is 2.74 bits per heavy atom. The van der Waals surface area contributed by atoms with E-state index in [1.807, 2.05) is 13.0 Å². The molecule has 1 aliphatic heterocycles. The molecule has 0 aromatic rings. The SMILES string of the molecule is C=C1CC[C@@H]2[C@H](/C=C(/C)[C@@H](O)C[C@H]1O)OC(=O)[C@H]2C. The lowest BCUT2D eigenvalue weighted by Gasteiger charge is -2.24. The van der Waals surface area contributed by atoms with E-state index in [0.717, 1.165) is 17.6 Å². The van der Waals surface area contributed by atoms with Crippen LogP contribution in [-0.4, -0.2) is 34.5 Å². The van der Waals surface area contributed by atoms with E-state index >= 15 is 0 Å². The number of ether oxygens (including phenoxy) is 1. The second-order valence-corrected chi connectivity index (χ2v) is 5.73. The lowest BCUT2D eigenvalue weighted by molar-refractivity contribution is -0.142. The molecule has 2 N–H and O–H groups in total. The summed E-state index contributed by atoms with van der Waals surface area (Å²) >= 11 is 0. The first-order chi connectivity index (χ1) is 8.90. The summed E-state index contributed by atoms with van der Waals surface area (Å²) in [5.41, 5.74) is 1.46. The van der Waals surface area contributed by atoms with E-state index < -0.39 is 12.2 Å². The Morgan fingerprint density at radius 1 is 1.37 bits per heavy atom. The van der Waals surface area contributed by atoms with E-state index in [2.05, 4.69) is 6.58 Å². The molecule has 19 heavy (non-hydrogen) atoms. The van der Waals surface area contributed by atoms with Gasteiger partial charge in [-0.25, -0.2) is 0 Å². The van der Waals surface area contributed by atoms with E-state index in [-0.39, 0.29) is 30.3 Å². The van der Waals surface area contributed by atoms with Crippen LogP contribution in [0.4, 0.5) is 0 Å². The molecule has 0 radical (unpaired) electrons. The molecule has 0 unspecified atom stereocenters. The van der Waals surface area contributed by atoms with Gasteiger partial charge in [-0.05, 0) is 37.0 Å². The van der Waals surface area contributed by atoms with Crippen molar-refractivity contribution in [3.8, 4) is 0 Å². The van der Waals surface area contributed by atoms with Crippen LogP contribution < -0.4 is 0 Å². The smallest absolute Gasteiger partial charge is 0.309 e. The third kappa shape index (κ3) is 2.90. The van der Waals surface area contributed by atoms with Crippen molar-refractivity contribution in [2.75, 3.05) is 0 Å². The summed E-state index contributed by atoms with van der Waals surface area (Å²) in [5, 5.41) is 20.0. The largest absolute Gasteiger partial charge is 0.458 e. The monoisotopic (exact) mass is 266 g/mol. The summed E-state index contributed by atoms with van der Waals surface area (Å²) in [6.07, 6.45) is 1.83. The van der Waals surface area contributed by atoms with Gasteiger partial charge in [0.25, 0.3) is 0 Å². The van der Waals surface area contributed by atoms with Crippen molar-refractivity contribution in [2.24, 2.45) is 11.8 Å². The molecule has 2 rings (SSSR count). The second-order valence-electron chi connectivity index (χ2n) is 5.73. The molecule has 1 heterocycles. The zero-order chi connectivity index (χ0) is 14.2. The summed E-state index contributed by atoms with van der Waals surface area (Å²) in [6.45, 7) is 7.55. The number of aliphatic hydroxyl groups excluding tert-OH is 2. The first kappa shape index (κ1) is 14.3. The number of fused-ring (bicyclic) bond motifs is 1. The second kappa shape index (κ2) is 5.47. The molecular formula is C15H22O4. The van der Waals surface area contributed by atoms with Crippen molar-refractivity contribution >= 4 is 5.97 Å². The predicted molar refractivity (Wildman–Crippen MR) is 71.3 cm³/mol. The summed E-state index contributed by atoms with van der Waals surface area (Å²) < 4.78 is 5.37. The van der Waals surface area contributed by atoms with Gasteiger partial charge in [-0.15, -0.1) is 0 Å². The minimum Gasteiger partial charge on any atom is -0.458 e. The van der Waals surface area contributed by atoms with Crippen molar-refractivity contribution in [3.05, 3.63) is 23.8 Å². The number of carbonyl (C=O) groups excluding carboxylic acids is 1. The van der Waals surface area contributed by atoms with Crippen LogP contribution in [0.25, 0.3) is 0 Å². The molecule has 0 saturated carbocycles. The first-order valence-electron chi connectivity index (χ1n) is 6.82. The molecule has 0 aromatic heterocycles. The Labute approximate surface area is 113 Å². The summed E-state index contributed by atoms with van der Waals surface area (Å²) in [7, 11) is 0. The summed E-state index contributed by atoms with van der Waals surface area (Å²) in [5.74, 6) is -0.230. The van der Waals surface area contributed by atoms with Crippen LogP contribution in [0, 0.1) is 11.8 Å². The normalized spacial score (nSPS) is 43.2. The molecule has 1 aliphatic carbocycles. The minimum absolute atomic E-state index is 0.0942. The third-order valence-corrected chi connectivity index (χ3v) is 4.36. The maximum absolute atomic E-state index is 11.7. The average molecular weight is 266 g/mol. The highest BCUT2D eigenvalue weighted by atomic mass is 16.6. The highest BCUT2D eigenvalue weighted by Gasteiger charge is 2.41. The van der Waals surface area contributed by atoms with Crippen LogP contribution in [-0.2, 0) is 9.53 Å². The fourth-order valence-corrected chi connectivity index (χ4v) is 2.81. The van der Waals surface area contributed by atoms with E-state index in [1.165, 1.54) is 0 Å². The number of aliphatic hydroxyl groups is 2. The highest BCUT2D eigenvalue weighted by molar-refractivity contribution is 5.75. The van der Waals surface area contributed by atoms with Crippen LogP contribution in [0.5, 0.6) is 0 Å². The minimum atomic E-state index is -0.722. The molecule has 5 atom stereocenters. The highest BCUT2D eigenvalue weighted by Crippen LogP contribution is 2.35. The van der Waals surface area contributed by atoms with Crippen molar-refractivity contribution in [3.63, 3.8) is 0 Å². The van der Waals surface area contributed by atoms with Crippen LogP contribution in [0.1, 0.15) is 33.1 Å². The zero-order valence-electron chi connectivity index (χ0n) is 11.5. The fraction of sp³-hybridized carbons (Fsp3) is 0.667. The topological polar surface area (TPSA) is 66.8 Å². The van der Waals surface area contributed by atoms with Crippen LogP contribution in [0.3, 0.4) is 0 Å². The third-order valence-electron chi connectivity index (χ3n) is 4.36. The molecule has 4 nitrogen and oxygen atoms in total. The fourth-order valence-electron chi connectivity index (χ4n) is 2.81. The van der Waals surface area contributed by atoms with Crippen LogP contribution >= 0.6 is 0 Å². The Bertz CT molecular complexity index is 412. The molecule has 1 fully saturated rings. The number of rotatable bonds is 0. The van der Waals surface area contributed by atoms with Gasteiger partial charge in [0, 0.05) is 12.3 Å². The lowest BCUT2D eigenvalue weighted by atomic mass is 9.83. The number of hydrogen-bond acceptors (Lipinski definition) is 4. The molecule has 0 spiro atoms. The standard InChI is InChI=1S/C15H22O4/c1-8-4-5-11-10(3)15(18)19-14(11)6-9(2)13(17)7-12(8)16/h6,10-14,16-17H,1,4-5,7H2,2-3H3/b9-6-/t10-,11-,12+,13-,14-/m0/s1. The van der Waals surface area contributed by atoms with Crippen molar-refractivity contribution < 1.29 is 19.7 Å². The maximum atomic E-state index is 11.7. The Hall–Kier alpha value is -1.13.